The highest BCUT2D eigenvalue weighted by molar-refractivity contribution is 5.78. The summed E-state index contributed by atoms with van der Waals surface area (Å²) >= 11 is 0. The van der Waals surface area contributed by atoms with Crippen LogP contribution in [-0.4, -0.2) is 37.7 Å². The maximum atomic E-state index is 14.7. The monoisotopic (exact) mass is 528 g/mol. The van der Waals surface area contributed by atoms with E-state index in [0.717, 1.165) is 53.8 Å². The Morgan fingerprint density at radius 1 is 1.08 bits per heavy atom. The van der Waals surface area contributed by atoms with Gasteiger partial charge in [-0.25, -0.2) is 9.37 Å². The molecule has 1 fully saturated rings. The number of pyridine rings is 1. The molecule has 0 radical (unpaired) electrons. The van der Waals surface area contributed by atoms with Crippen LogP contribution in [0.4, 0.5) is 4.39 Å². The molecular formula is C30H29FN4O4. The number of hydrogen-bond donors (Lipinski definition) is 1. The third-order valence-corrected chi connectivity index (χ3v) is 7.66. The lowest BCUT2D eigenvalue weighted by molar-refractivity contribution is -0.139. The van der Waals surface area contributed by atoms with Gasteiger partial charge in [0.25, 0.3) is 0 Å². The van der Waals surface area contributed by atoms with Gasteiger partial charge in [0.2, 0.25) is 5.88 Å². The third kappa shape index (κ3) is 5.21. The number of nitrogens with zero attached hydrogens (tertiary/aromatic N) is 4. The molecule has 0 saturated heterocycles. The number of aryl methyl sites for hydroxylation is 2. The molecule has 8 nitrogen and oxygen atoms in total. The van der Waals surface area contributed by atoms with Crippen molar-refractivity contribution in [3.8, 4) is 22.8 Å². The smallest absolute Gasteiger partial charge is 0.307 e. The van der Waals surface area contributed by atoms with E-state index in [9.17, 15) is 14.3 Å². The molecule has 4 aromatic rings. The second-order valence-electron chi connectivity index (χ2n) is 10.2. The highest BCUT2D eigenvalue weighted by Crippen LogP contribution is 2.61. The van der Waals surface area contributed by atoms with Crippen molar-refractivity contribution in [2.75, 3.05) is 6.61 Å². The number of carbonyl (C=O) groups is 1. The maximum Gasteiger partial charge on any atom is 0.307 e. The van der Waals surface area contributed by atoms with Gasteiger partial charge in [-0.1, -0.05) is 12.1 Å². The molecule has 0 amide bonds. The van der Waals surface area contributed by atoms with E-state index in [1.807, 2.05) is 37.3 Å². The van der Waals surface area contributed by atoms with Gasteiger partial charge in [-0.3, -0.25) is 4.79 Å². The lowest BCUT2D eigenvalue weighted by Crippen LogP contribution is -2.06. The highest BCUT2D eigenvalue weighted by atomic mass is 19.1. The number of rotatable bonds is 11. The van der Waals surface area contributed by atoms with Gasteiger partial charge in [0.05, 0.1) is 31.5 Å². The van der Waals surface area contributed by atoms with Crippen molar-refractivity contribution < 1.29 is 23.8 Å². The van der Waals surface area contributed by atoms with Gasteiger partial charge in [0.15, 0.2) is 0 Å². The quantitative estimate of drug-likeness (QED) is 0.267. The van der Waals surface area contributed by atoms with Crippen LogP contribution in [-0.2, 0) is 24.4 Å². The SMILES string of the molecule is Cc1nc(OCCCCn2nccn2)ccc1-c1ccc(F)c(COc2ccc3c(c2)CC2C(C(=O)O)C32)c1. The Labute approximate surface area is 225 Å². The van der Waals surface area contributed by atoms with Crippen molar-refractivity contribution in [2.24, 2.45) is 11.8 Å². The van der Waals surface area contributed by atoms with E-state index in [1.165, 1.54) is 6.07 Å². The average molecular weight is 529 g/mol. The topological polar surface area (TPSA) is 99.4 Å². The minimum atomic E-state index is -0.714. The molecule has 2 aliphatic rings. The molecule has 6 rings (SSSR count). The van der Waals surface area contributed by atoms with Crippen molar-refractivity contribution in [2.45, 2.75) is 45.3 Å². The number of ether oxygens (including phenoxy) is 2. The number of aliphatic carboxylic acids is 1. The van der Waals surface area contributed by atoms with Gasteiger partial charge in [-0.15, -0.1) is 0 Å². The number of carboxylic acids is 1. The Balaban J connectivity index is 1.06. The Bertz CT molecular complexity index is 1510. The van der Waals surface area contributed by atoms with Gasteiger partial charge >= 0.3 is 5.97 Å². The predicted molar refractivity (Wildman–Crippen MR) is 141 cm³/mol. The van der Waals surface area contributed by atoms with Crippen LogP contribution in [0.15, 0.2) is 60.9 Å². The predicted octanol–water partition coefficient (Wildman–Crippen LogP) is 5.20. The largest absolute Gasteiger partial charge is 0.489 e. The molecule has 0 bridgehead atoms. The zero-order valence-corrected chi connectivity index (χ0v) is 21.6. The van der Waals surface area contributed by atoms with Crippen LogP contribution in [0.25, 0.3) is 11.1 Å². The Hall–Kier alpha value is -4.27. The molecule has 0 spiro atoms. The van der Waals surface area contributed by atoms with Crippen LogP contribution in [0.3, 0.4) is 0 Å². The summed E-state index contributed by atoms with van der Waals surface area (Å²) in [6.07, 6.45) is 5.85. The summed E-state index contributed by atoms with van der Waals surface area (Å²) in [4.78, 5) is 17.6. The molecule has 0 aliphatic heterocycles. The van der Waals surface area contributed by atoms with Crippen molar-refractivity contribution >= 4 is 5.97 Å². The summed E-state index contributed by atoms with van der Waals surface area (Å²) in [6.45, 7) is 3.30. The second-order valence-corrected chi connectivity index (χ2v) is 10.2. The van der Waals surface area contributed by atoms with E-state index in [-0.39, 0.29) is 30.2 Å². The van der Waals surface area contributed by atoms with Gasteiger partial charge in [0, 0.05) is 28.8 Å². The maximum absolute atomic E-state index is 14.7. The Morgan fingerprint density at radius 3 is 2.72 bits per heavy atom. The number of unbranched alkanes of at least 4 members (excludes halogenated alkanes) is 1. The third-order valence-electron chi connectivity index (χ3n) is 7.66. The lowest BCUT2D eigenvalue weighted by Gasteiger charge is -2.13. The summed E-state index contributed by atoms with van der Waals surface area (Å²) in [5, 5.41) is 17.5. The molecule has 1 saturated carbocycles. The van der Waals surface area contributed by atoms with E-state index in [0.29, 0.717) is 23.8 Å². The van der Waals surface area contributed by atoms with Crippen LogP contribution in [0.2, 0.25) is 0 Å². The number of benzene rings is 2. The zero-order valence-electron chi connectivity index (χ0n) is 21.6. The van der Waals surface area contributed by atoms with Crippen LogP contribution >= 0.6 is 0 Å². The molecule has 1 N–H and O–H groups in total. The second kappa shape index (κ2) is 10.5. The van der Waals surface area contributed by atoms with Gasteiger partial charge in [-0.2, -0.15) is 15.0 Å². The van der Waals surface area contributed by atoms with Crippen LogP contribution in [0.1, 0.15) is 41.1 Å². The number of fused-ring (bicyclic) bond motifs is 3. The van der Waals surface area contributed by atoms with E-state index in [4.69, 9.17) is 9.47 Å². The van der Waals surface area contributed by atoms with E-state index in [1.54, 1.807) is 29.3 Å². The summed E-state index contributed by atoms with van der Waals surface area (Å²) in [7, 11) is 0. The number of aromatic nitrogens is 4. The number of halogens is 1. The first-order valence-electron chi connectivity index (χ1n) is 13.2. The fourth-order valence-corrected chi connectivity index (χ4v) is 5.64. The van der Waals surface area contributed by atoms with Crippen molar-refractivity contribution in [1.82, 2.24) is 20.0 Å². The molecule has 2 aromatic carbocycles. The summed E-state index contributed by atoms with van der Waals surface area (Å²) in [5.74, 6) is 0.237. The first kappa shape index (κ1) is 25.0. The molecule has 3 atom stereocenters. The van der Waals surface area contributed by atoms with E-state index in [2.05, 4.69) is 15.2 Å². The Kier molecular flexibility index (Phi) is 6.72. The average Bonchev–Trinajstić information content (AvgIpc) is 3.22. The molecule has 2 aliphatic carbocycles. The number of hydrogen-bond acceptors (Lipinski definition) is 6. The first-order chi connectivity index (χ1) is 19.0. The Morgan fingerprint density at radius 2 is 1.92 bits per heavy atom. The molecule has 2 heterocycles. The fourth-order valence-electron chi connectivity index (χ4n) is 5.64. The van der Waals surface area contributed by atoms with Crippen LogP contribution < -0.4 is 9.47 Å². The van der Waals surface area contributed by atoms with Crippen LogP contribution in [0.5, 0.6) is 11.6 Å². The molecule has 3 unspecified atom stereocenters. The van der Waals surface area contributed by atoms with Crippen molar-refractivity contribution in [3.05, 3.63) is 89.1 Å². The molecular weight excluding hydrogens is 499 g/mol. The molecule has 2 aromatic heterocycles. The van der Waals surface area contributed by atoms with Gasteiger partial charge < -0.3 is 14.6 Å². The minimum Gasteiger partial charge on any atom is -0.489 e. The molecule has 9 heteroatoms. The number of carboxylic acid groups (broad SMARTS) is 1. The van der Waals surface area contributed by atoms with E-state index >= 15 is 0 Å². The van der Waals surface area contributed by atoms with Crippen molar-refractivity contribution in [1.29, 1.82) is 0 Å². The van der Waals surface area contributed by atoms with E-state index < -0.39 is 5.97 Å². The lowest BCUT2D eigenvalue weighted by atomic mass is 10.0. The molecule has 200 valence electrons. The summed E-state index contributed by atoms with van der Waals surface area (Å²) < 4.78 is 26.4. The first-order valence-corrected chi connectivity index (χ1v) is 13.2. The fraction of sp³-hybridized carbons (Fsp3) is 0.333. The standard InChI is InChI=1S/C30H29FN4O4/c1-18-23(7-9-27(34-18)38-13-3-2-12-35-32-10-11-33-35)19-4-8-26(31)21(14-19)17-39-22-5-6-24-20(15-22)16-25-28(24)29(25)30(36)37/h4-11,14-15,25,28-29H,2-3,12-13,16-17H2,1H3,(H,36,37). The zero-order chi connectivity index (χ0) is 26.9. The summed E-state index contributed by atoms with van der Waals surface area (Å²) in [6, 6.07) is 14.5. The minimum absolute atomic E-state index is 0.0881. The normalized spacial score (nSPS) is 18.9. The molecule has 39 heavy (non-hydrogen) atoms. The van der Waals surface area contributed by atoms with Gasteiger partial charge in [-0.05, 0) is 79.1 Å². The van der Waals surface area contributed by atoms with Gasteiger partial charge in [0.1, 0.15) is 18.2 Å². The summed E-state index contributed by atoms with van der Waals surface area (Å²) in [5.41, 5.74) is 5.24. The highest BCUT2D eigenvalue weighted by Gasteiger charge is 2.59. The van der Waals surface area contributed by atoms with Crippen LogP contribution in [0, 0.1) is 24.6 Å². The van der Waals surface area contributed by atoms with Crippen molar-refractivity contribution in [3.63, 3.8) is 0 Å².